The number of nitrogens with two attached hydrogens (primary N) is 1. The van der Waals surface area contributed by atoms with Crippen molar-refractivity contribution < 1.29 is 9.15 Å². The molecule has 0 fully saturated rings. The van der Waals surface area contributed by atoms with Crippen molar-refractivity contribution in [3.63, 3.8) is 0 Å². The average Bonchev–Trinajstić information content (AvgIpc) is 2.19. The Hall–Kier alpha value is -1.97. The lowest BCUT2D eigenvalue weighted by atomic mass is 10.2. The van der Waals surface area contributed by atoms with Gasteiger partial charge in [-0.05, 0) is 18.2 Å². The minimum Gasteiger partial charge on any atom is -0.497 e. The smallest absolute Gasteiger partial charge is 0.359 e. The zero-order chi connectivity index (χ0) is 10.1. The molecule has 1 aromatic carbocycles. The van der Waals surface area contributed by atoms with Crippen LogP contribution in [-0.2, 0) is 0 Å². The van der Waals surface area contributed by atoms with E-state index in [1.54, 1.807) is 31.4 Å². The zero-order valence-electron chi connectivity index (χ0n) is 7.61. The monoisotopic (exact) mass is 191 g/mol. The Morgan fingerprint density at radius 1 is 1.36 bits per heavy atom. The molecule has 0 bridgehead atoms. The van der Waals surface area contributed by atoms with Crippen LogP contribution in [0, 0.1) is 0 Å². The van der Waals surface area contributed by atoms with Gasteiger partial charge in [0.05, 0.1) is 7.11 Å². The van der Waals surface area contributed by atoms with E-state index in [0.717, 1.165) is 5.39 Å². The molecule has 0 saturated carbocycles. The van der Waals surface area contributed by atoms with Crippen LogP contribution in [0.4, 0.5) is 5.69 Å². The molecule has 4 heteroatoms. The van der Waals surface area contributed by atoms with Crippen LogP contribution in [0.15, 0.2) is 33.5 Å². The van der Waals surface area contributed by atoms with E-state index in [4.69, 9.17) is 14.9 Å². The Labute approximate surface area is 79.9 Å². The predicted octanol–water partition coefficient (Wildman–Crippen LogP) is 1.38. The van der Waals surface area contributed by atoms with E-state index < -0.39 is 5.63 Å². The van der Waals surface area contributed by atoms with Crippen LogP contribution in [-0.4, -0.2) is 7.11 Å². The summed E-state index contributed by atoms with van der Waals surface area (Å²) in [4.78, 5) is 11.1. The molecule has 0 radical (unpaired) electrons. The molecule has 0 amide bonds. The summed E-state index contributed by atoms with van der Waals surface area (Å²) in [6.07, 6.45) is 0. The van der Waals surface area contributed by atoms with E-state index in [2.05, 4.69) is 0 Å². The number of ether oxygens (including phenoxy) is 1. The summed E-state index contributed by atoms with van der Waals surface area (Å²) in [5.74, 6) is 0.644. The normalized spacial score (nSPS) is 10.4. The van der Waals surface area contributed by atoms with E-state index in [-0.39, 0.29) is 5.69 Å². The topological polar surface area (TPSA) is 65.5 Å². The molecular weight excluding hydrogens is 182 g/mol. The highest BCUT2D eigenvalue weighted by molar-refractivity contribution is 5.80. The summed E-state index contributed by atoms with van der Waals surface area (Å²) in [6.45, 7) is 0. The number of hydrogen-bond acceptors (Lipinski definition) is 4. The van der Waals surface area contributed by atoms with Crippen molar-refractivity contribution in [2.45, 2.75) is 0 Å². The number of fused-ring (bicyclic) bond motifs is 1. The maximum Gasteiger partial charge on any atom is 0.359 e. The lowest BCUT2D eigenvalue weighted by Crippen LogP contribution is -2.05. The highest BCUT2D eigenvalue weighted by Crippen LogP contribution is 2.20. The third kappa shape index (κ3) is 1.31. The van der Waals surface area contributed by atoms with Gasteiger partial charge >= 0.3 is 5.63 Å². The standard InChI is InChI=1S/C10H9NO3/c1-13-7-3-2-6-4-8(11)10(12)14-9(6)5-7/h2-5H,11H2,1H3. The van der Waals surface area contributed by atoms with Crippen molar-refractivity contribution in [2.24, 2.45) is 0 Å². The van der Waals surface area contributed by atoms with Crippen LogP contribution in [0.2, 0.25) is 0 Å². The van der Waals surface area contributed by atoms with Crippen molar-refractivity contribution in [2.75, 3.05) is 12.8 Å². The molecule has 0 aliphatic carbocycles. The van der Waals surface area contributed by atoms with E-state index >= 15 is 0 Å². The van der Waals surface area contributed by atoms with Crippen LogP contribution in [0.1, 0.15) is 0 Å². The second kappa shape index (κ2) is 3.06. The Bertz CT molecular complexity index is 530. The van der Waals surface area contributed by atoms with Crippen LogP contribution in [0.3, 0.4) is 0 Å². The van der Waals surface area contributed by atoms with Crippen molar-refractivity contribution in [3.05, 3.63) is 34.7 Å². The van der Waals surface area contributed by atoms with Crippen LogP contribution in [0.25, 0.3) is 11.0 Å². The first kappa shape index (κ1) is 8.62. The molecule has 0 atom stereocenters. The van der Waals surface area contributed by atoms with E-state index in [0.29, 0.717) is 11.3 Å². The van der Waals surface area contributed by atoms with Gasteiger partial charge in [-0.3, -0.25) is 0 Å². The molecule has 0 saturated heterocycles. The maximum absolute atomic E-state index is 11.1. The fourth-order valence-corrected chi connectivity index (χ4v) is 1.23. The van der Waals surface area contributed by atoms with Crippen molar-refractivity contribution in [1.29, 1.82) is 0 Å². The van der Waals surface area contributed by atoms with Crippen molar-refractivity contribution in [3.8, 4) is 5.75 Å². The van der Waals surface area contributed by atoms with Gasteiger partial charge in [-0.15, -0.1) is 0 Å². The lowest BCUT2D eigenvalue weighted by molar-refractivity contribution is 0.414. The summed E-state index contributed by atoms with van der Waals surface area (Å²) < 4.78 is 9.97. The predicted molar refractivity (Wildman–Crippen MR) is 53.4 cm³/mol. The molecule has 2 rings (SSSR count). The van der Waals surface area contributed by atoms with Gasteiger partial charge in [0.2, 0.25) is 0 Å². The largest absolute Gasteiger partial charge is 0.497 e. The molecule has 1 heterocycles. The van der Waals surface area contributed by atoms with Gasteiger partial charge in [0.15, 0.2) is 0 Å². The molecule has 0 aliphatic heterocycles. The zero-order valence-corrected chi connectivity index (χ0v) is 7.61. The van der Waals surface area contributed by atoms with Crippen molar-refractivity contribution in [1.82, 2.24) is 0 Å². The summed E-state index contributed by atoms with van der Waals surface area (Å²) in [6, 6.07) is 6.80. The van der Waals surface area contributed by atoms with Crippen molar-refractivity contribution >= 4 is 16.7 Å². The number of methoxy groups -OCH3 is 1. The molecule has 72 valence electrons. The fraction of sp³-hybridized carbons (Fsp3) is 0.100. The second-order valence-corrected chi connectivity index (χ2v) is 2.89. The number of hydrogen-bond donors (Lipinski definition) is 1. The summed E-state index contributed by atoms with van der Waals surface area (Å²) in [7, 11) is 1.55. The van der Waals surface area contributed by atoms with Crippen LogP contribution < -0.4 is 16.1 Å². The Morgan fingerprint density at radius 3 is 2.86 bits per heavy atom. The van der Waals surface area contributed by atoms with E-state index in [9.17, 15) is 4.79 Å². The summed E-state index contributed by atoms with van der Waals surface area (Å²) in [5.41, 5.74) is 5.49. The molecule has 2 N–H and O–H groups in total. The minimum atomic E-state index is -0.522. The van der Waals surface area contributed by atoms with Gasteiger partial charge in [0, 0.05) is 11.5 Å². The SMILES string of the molecule is COc1ccc2cc(N)c(=O)oc2c1. The third-order valence-electron chi connectivity index (χ3n) is 1.97. The Balaban J connectivity index is 2.77. The molecule has 0 unspecified atom stereocenters. The summed E-state index contributed by atoms with van der Waals surface area (Å²) in [5, 5.41) is 0.780. The third-order valence-corrected chi connectivity index (χ3v) is 1.97. The van der Waals surface area contributed by atoms with Crippen LogP contribution >= 0.6 is 0 Å². The van der Waals surface area contributed by atoms with E-state index in [1.807, 2.05) is 0 Å². The number of anilines is 1. The first-order valence-electron chi connectivity index (χ1n) is 4.08. The number of rotatable bonds is 1. The molecule has 2 aromatic rings. The average molecular weight is 191 g/mol. The molecule has 14 heavy (non-hydrogen) atoms. The molecule has 0 aliphatic rings. The number of nitrogen functional groups attached to an aromatic ring is 1. The molecule has 1 aromatic heterocycles. The Kier molecular flexibility index (Phi) is 1.89. The van der Waals surface area contributed by atoms with Crippen LogP contribution in [0.5, 0.6) is 5.75 Å². The molecule has 4 nitrogen and oxygen atoms in total. The van der Waals surface area contributed by atoms with E-state index in [1.165, 1.54) is 0 Å². The van der Waals surface area contributed by atoms with Gasteiger partial charge in [0.1, 0.15) is 17.0 Å². The maximum atomic E-state index is 11.1. The van der Waals surface area contributed by atoms with Gasteiger partial charge in [0.25, 0.3) is 0 Å². The quantitative estimate of drug-likeness (QED) is 0.691. The molecular formula is C10H9NO3. The van der Waals surface area contributed by atoms with Gasteiger partial charge < -0.3 is 14.9 Å². The highest BCUT2D eigenvalue weighted by atomic mass is 16.5. The van der Waals surface area contributed by atoms with Gasteiger partial charge in [-0.1, -0.05) is 0 Å². The van der Waals surface area contributed by atoms with Gasteiger partial charge in [-0.25, -0.2) is 4.79 Å². The fourth-order valence-electron chi connectivity index (χ4n) is 1.23. The minimum absolute atomic E-state index is 0.114. The second-order valence-electron chi connectivity index (χ2n) is 2.89. The Morgan fingerprint density at radius 2 is 2.14 bits per heavy atom. The first-order chi connectivity index (χ1) is 6.70. The number of benzene rings is 1. The first-order valence-corrected chi connectivity index (χ1v) is 4.08. The summed E-state index contributed by atoms with van der Waals surface area (Å²) >= 11 is 0. The molecule has 0 spiro atoms. The lowest BCUT2D eigenvalue weighted by Gasteiger charge is -2.01. The van der Waals surface area contributed by atoms with Gasteiger partial charge in [-0.2, -0.15) is 0 Å². The highest BCUT2D eigenvalue weighted by Gasteiger charge is 2.02.